The first-order chi connectivity index (χ1) is 17.8. The minimum atomic E-state index is -2.03. The molecule has 5 aromatic rings. The Morgan fingerprint density at radius 2 is 0.789 bits per heavy atom. The number of benzene rings is 5. The summed E-state index contributed by atoms with van der Waals surface area (Å²) in [6, 6.07) is 11.6. The van der Waals surface area contributed by atoms with Crippen molar-refractivity contribution in [2.75, 3.05) is 0 Å². The fourth-order valence-corrected chi connectivity index (χ4v) is 9.68. The van der Waals surface area contributed by atoms with Crippen LogP contribution in [0, 0.1) is 0 Å². The summed E-state index contributed by atoms with van der Waals surface area (Å²) in [4.78, 5) is 52.3. The molecule has 0 atom stereocenters. The Morgan fingerprint density at radius 1 is 0.447 bits per heavy atom. The summed E-state index contributed by atoms with van der Waals surface area (Å²) in [5.41, 5.74) is 2.08. The second kappa shape index (κ2) is 6.95. The van der Waals surface area contributed by atoms with Crippen molar-refractivity contribution in [1.29, 1.82) is 0 Å². The van der Waals surface area contributed by atoms with Crippen LogP contribution in [0.4, 0.5) is 0 Å². The number of carbonyl (C=O) groups is 4. The molecule has 6 nitrogen and oxygen atoms in total. The van der Waals surface area contributed by atoms with Gasteiger partial charge >= 0.3 is 0 Å². The minimum absolute atomic E-state index is 0.366. The van der Waals surface area contributed by atoms with Crippen LogP contribution < -0.4 is 21.0 Å². The lowest BCUT2D eigenvalue weighted by Gasteiger charge is -2.30. The smallest absolute Gasteiger partial charge is 0.258 e. The molecule has 0 aromatic heterocycles. The van der Waals surface area contributed by atoms with Gasteiger partial charge in [0.2, 0.25) is 0 Å². The zero-order chi connectivity index (χ0) is 27.0. The molecule has 7 rings (SSSR count). The molecule has 0 saturated carbocycles. The highest BCUT2D eigenvalue weighted by Crippen LogP contribution is 2.45. The van der Waals surface area contributed by atoms with Crippen molar-refractivity contribution in [2.24, 2.45) is 0 Å². The van der Waals surface area contributed by atoms with E-state index >= 15 is 0 Å². The molecule has 0 saturated heterocycles. The van der Waals surface area contributed by atoms with E-state index in [1.807, 2.05) is 36.4 Å². The number of amides is 4. The molecule has 2 aliphatic heterocycles. The minimum Gasteiger partial charge on any atom is -0.288 e. The van der Waals surface area contributed by atoms with Crippen molar-refractivity contribution >= 4 is 93.2 Å². The Balaban J connectivity index is 1.91. The molecule has 2 heterocycles. The van der Waals surface area contributed by atoms with Crippen LogP contribution >= 0.6 is 0 Å². The van der Waals surface area contributed by atoms with Crippen LogP contribution in [0.15, 0.2) is 36.4 Å². The van der Waals surface area contributed by atoms with Gasteiger partial charge in [-0.25, -0.2) is 0 Å². The van der Waals surface area contributed by atoms with Gasteiger partial charge in [0.05, 0.1) is 16.1 Å². The van der Waals surface area contributed by atoms with Crippen molar-refractivity contribution in [1.82, 2.24) is 10.6 Å². The summed E-state index contributed by atoms with van der Waals surface area (Å²) in [7, 11) is -4.06. The average Bonchev–Trinajstić information content (AvgIpc) is 2.83. The Labute approximate surface area is 220 Å². The molecule has 188 valence electrons. The fourth-order valence-electron chi connectivity index (χ4n) is 6.50. The van der Waals surface area contributed by atoms with Gasteiger partial charge in [-0.05, 0) is 56.6 Å². The fraction of sp³-hybridized carbons (Fsp3) is 0.200. The quantitative estimate of drug-likeness (QED) is 0.150. The van der Waals surface area contributed by atoms with Crippen LogP contribution in [0.3, 0.4) is 0 Å². The zero-order valence-electron chi connectivity index (χ0n) is 22.1. The number of nitrogens with one attached hydrogen (secondary N) is 2. The lowest BCUT2D eigenvalue weighted by molar-refractivity contribution is 0.0828. The van der Waals surface area contributed by atoms with E-state index < -0.39 is 16.1 Å². The number of imide groups is 2. The Bertz CT molecular complexity index is 1870. The third-order valence-electron chi connectivity index (χ3n) is 8.15. The molecule has 0 fully saturated rings. The molecule has 2 aliphatic rings. The van der Waals surface area contributed by atoms with Gasteiger partial charge in [-0.2, -0.15) is 0 Å². The van der Waals surface area contributed by atoms with E-state index in [0.29, 0.717) is 33.0 Å². The van der Waals surface area contributed by atoms with Gasteiger partial charge in [0.15, 0.2) is 0 Å². The molecule has 0 bridgehead atoms. The summed E-state index contributed by atoms with van der Waals surface area (Å²) < 4.78 is 0. The summed E-state index contributed by atoms with van der Waals surface area (Å²) in [5, 5.41) is 14.5. The van der Waals surface area contributed by atoms with Gasteiger partial charge in [-0.1, -0.05) is 61.8 Å². The second-order valence-electron chi connectivity index (χ2n) is 12.6. The van der Waals surface area contributed by atoms with Gasteiger partial charge in [-0.15, -0.1) is 0 Å². The molecule has 0 spiro atoms. The molecule has 0 radical (unpaired) electrons. The molecule has 0 unspecified atom stereocenters. The van der Waals surface area contributed by atoms with E-state index in [4.69, 9.17) is 0 Å². The maximum Gasteiger partial charge on any atom is 0.258 e. The van der Waals surface area contributed by atoms with Crippen molar-refractivity contribution in [3.05, 3.63) is 58.7 Å². The molecule has 0 aliphatic carbocycles. The van der Waals surface area contributed by atoms with E-state index in [9.17, 15) is 19.2 Å². The first-order valence-electron chi connectivity index (χ1n) is 12.8. The molecule has 38 heavy (non-hydrogen) atoms. The molecule has 5 aromatic carbocycles. The normalized spacial score (nSPS) is 15.7. The molecule has 8 heteroatoms. The Morgan fingerprint density at radius 3 is 1.13 bits per heavy atom. The topological polar surface area (TPSA) is 92.3 Å². The van der Waals surface area contributed by atoms with E-state index in [1.165, 1.54) is 0 Å². The predicted octanol–water partition coefficient (Wildman–Crippen LogP) is 4.59. The molecule has 2 N–H and O–H groups in total. The maximum absolute atomic E-state index is 13.2. The van der Waals surface area contributed by atoms with Crippen LogP contribution in [0.25, 0.3) is 43.1 Å². The largest absolute Gasteiger partial charge is 0.288 e. The van der Waals surface area contributed by atoms with Crippen LogP contribution in [0.2, 0.25) is 39.3 Å². The van der Waals surface area contributed by atoms with Gasteiger partial charge < -0.3 is 0 Å². The van der Waals surface area contributed by atoms with E-state index in [2.05, 4.69) is 49.9 Å². The van der Waals surface area contributed by atoms with Crippen LogP contribution in [0.5, 0.6) is 0 Å². The summed E-state index contributed by atoms with van der Waals surface area (Å²) in [6.07, 6.45) is 0. The molecular weight excluding hydrogens is 509 g/mol. The van der Waals surface area contributed by atoms with E-state index in [1.54, 1.807) is 0 Å². The molecular formula is C30H26N2O4Si2. The lowest BCUT2D eigenvalue weighted by atomic mass is 9.82. The number of hydrogen-bond acceptors (Lipinski definition) is 4. The highest BCUT2D eigenvalue weighted by atomic mass is 28.3. The number of fused-ring (bicyclic) bond motifs is 2. The lowest BCUT2D eigenvalue weighted by Crippen LogP contribution is -2.43. The van der Waals surface area contributed by atoms with Gasteiger partial charge in [0.1, 0.15) is 0 Å². The van der Waals surface area contributed by atoms with Gasteiger partial charge in [0, 0.05) is 33.0 Å². The van der Waals surface area contributed by atoms with E-state index in [0.717, 1.165) is 42.7 Å². The van der Waals surface area contributed by atoms with Crippen LogP contribution in [0.1, 0.15) is 41.4 Å². The average molecular weight is 535 g/mol. The SMILES string of the molecule is C[Si](C)(C)c1cc2c3c(ccc4c5c([Si](C)(C)C)cc6c7c(ccc(c1c34)c75)C(=O)NC6=O)C(=O)NC2=O. The van der Waals surface area contributed by atoms with Crippen LogP contribution in [-0.4, -0.2) is 39.8 Å². The van der Waals surface area contributed by atoms with Gasteiger partial charge in [0.25, 0.3) is 23.6 Å². The number of carbonyl (C=O) groups excluding carboxylic acids is 4. The van der Waals surface area contributed by atoms with Crippen molar-refractivity contribution in [3.8, 4) is 0 Å². The zero-order valence-corrected chi connectivity index (χ0v) is 24.1. The Hall–Kier alpha value is -3.89. The van der Waals surface area contributed by atoms with Crippen molar-refractivity contribution in [3.63, 3.8) is 0 Å². The second-order valence-corrected chi connectivity index (χ2v) is 22.7. The first-order valence-corrected chi connectivity index (χ1v) is 19.8. The standard InChI is InChI=1S/C30H26N2O4Si2/c1-37(2,3)19-11-17-21-15(27(33)31-29(17)35)10-8-14-24-20(38(4,5)6)12-18-22-16(28(34)32-30(18)36)9-7-13(26(22)24)23(19)25(14)21/h7-12H,1-6H3,(H,31,33,35)(H,32,34,36). The summed E-state index contributed by atoms with van der Waals surface area (Å²) in [6.45, 7) is 13.5. The third kappa shape index (κ3) is 2.76. The predicted molar refractivity (Wildman–Crippen MR) is 157 cm³/mol. The van der Waals surface area contributed by atoms with E-state index in [-0.39, 0.29) is 23.6 Å². The molecule has 4 amide bonds. The van der Waals surface area contributed by atoms with Crippen molar-refractivity contribution in [2.45, 2.75) is 39.3 Å². The maximum atomic E-state index is 13.2. The summed E-state index contributed by atoms with van der Waals surface area (Å²) in [5.74, 6) is -1.50. The van der Waals surface area contributed by atoms with Crippen molar-refractivity contribution < 1.29 is 19.2 Å². The van der Waals surface area contributed by atoms with Crippen LogP contribution in [-0.2, 0) is 0 Å². The number of rotatable bonds is 2. The third-order valence-corrected chi connectivity index (χ3v) is 12.2. The summed E-state index contributed by atoms with van der Waals surface area (Å²) >= 11 is 0. The Kier molecular flexibility index (Phi) is 4.25. The van der Waals surface area contributed by atoms with Gasteiger partial charge in [-0.3, -0.25) is 29.8 Å². The monoisotopic (exact) mass is 534 g/mol. The number of hydrogen-bond donors (Lipinski definition) is 2. The highest BCUT2D eigenvalue weighted by molar-refractivity contribution is 6.92. The highest BCUT2D eigenvalue weighted by Gasteiger charge is 2.36. The first kappa shape index (κ1) is 23.2.